The lowest BCUT2D eigenvalue weighted by molar-refractivity contribution is 0.118. The highest BCUT2D eigenvalue weighted by atomic mass is 79.9. The summed E-state index contributed by atoms with van der Waals surface area (Å²) in [5, 5.41) is 1.15. The molecule has 0 saturated heterocycles. The van der Waals surface area contributed by atoms with Gasteiger partial charge in [0, 0.05) is 18.5 Å². The fourth-order valence-electron chi connectivity index (χ4n) is 1.67. The zero-order valence-corrected chi connectivity index (χ0v) is 9.69. The first-order valence-corrected chi connectivity index (χ1v) is 6.01. The van der Waals surface area contributed by atoms with Crippen molar-refractivity contribution in [3.63, 3.8) is 0 Å². The lowest BCUT2D eigenvalue weighted by atomic mass is 10.0. The number of ether oxygens (including phenoxy) is 1. The molecule has 0 spiro atoms. The molecule has 2 unspecified atom stereocenters. The van der Waals surface area contributed by atoms with E-state index in [1.807, 2.05) is 0 Å². The third-order valence-electron chi connectivity index (χ3n) is 2.96. The van der Waals surface area contributed by atoms with Crippen LogP contribution in [0.4, 0.5) is 0 Å². The topological polar surface area (TPSA) is 9.23 Å². The van der Waals surface area contributed by atoms with Gasteiger partial charge in [-0.15, -0.1) is 0 Å². The zero-order chi connectivity index (χ0) is 9.03. The van der Waals surface area contributed by atoms with E-state index in [0.717, 1.165) is 30.9 Å². The molecule has 0 aromatic heterocycles. The van der Waals surface area contributed by atoms with Crippen LogP contribution >= 0.6 is 15.9 Å². The Hall–Kier alpha value is 0.440. The second-order valence-corrected chi connectivity index (χ2v) is 4.52. The van der Waals surface area contributed by atoms with Gasteiger partial charge in [0.25, 0.3) is 0 Å². The molecule has 0 aromatic rings. The minimum absolute atomic E-state index is 0.591. The molecule has 0 aliphatic heterocycles. The quantitative estimate of drug-likeness (QED) is 0.507. The first kappa shape index (κ1) is 10.5. The Morgan fingerprint density at radius 2 is 2.17 bits per heavy atom. The maximum atomic E-state index is 5.49. The van der Waals surface area contributed by atoms with Crippen LogP contribution < -0.4 is 0 Å². The first-order valence-electron chi connectivity index (χ1n) is 4.89. The van der Waals surface area contributed by atoms with Gasteiger partial charge in [0.1, 0.15) is 0 Å². The third kappa shape index (κ3) is 2.46. The lowest BCUT2D eigenvalue weighted by Gasteiger charge is -2.12. The van der Waals surface area contributed by atoms with E-state index in [2.05, 4.69) is 29.8 Å². The van der Waals surface area contributed by atoms with Crippen LogP contribution in [-0.2, 0) is 4.74 Å². The van der Waals surface area contributed by atoms with Crippen molar-refractivity contribution in [1.82, 2.24) is 0 Å². The Morgan fingerprint density at radius 1 is 1.50 bits per heavy atom. The predicted molar refractivity (Wildman–Crippen MR) is 55.7 cm³/mol. The molecule has 2 atom stereocenters. The van der Waals surface area contributed by atoms with Crippen molar-refractivity contribution in [1.29, 1.82) is 0 Å². The molecule has 0 heterocycles. The van der Waals surface area contributed by atoms with Crippen molar-refractivity contribution in [2.75, 3.05) is 18.5 Å². The minimum atomic E-state index is 0.591. The summed E-state index contributed by atoms with van der Waals surface area (Å²) in [6.07, 6.45) is 3.75. The van der Waals surface area contributed by atoms with Crippen LogP contribution in [0.1, 0.15) is 33.1 Å². The normalized spacial score (nSPS) is 33.8. The van der Waals surface area contributed by atoms with Gasteiger partial charge in [-0.05, 0) is 30.6 Å². The molecule has 0 N–H and O–H groups in total. The van der Waals surface area contributed by atoms with Gasteiger partial charge in [-0.1, -0.05) is 29.8 Å². The van der Waals surface area contributed by atoms with Gasteiger partial charge in [-0.2, -0.15) is 0 Å². The van der Waals surface area contributed by atoms with Gasteiger partial charge in [-0.3, -0.25) is 0 Å². The maximum absolute atomic E-state index is 5.49. The second-order valence-electron chi connectivity index (χ2n) is 3.96. The average Bonchev–Trinajstić information content (AvgIpc) is 2.72. The number of alkyl halides is 1. The Balaban J connectivity index is 2.06. The van der Waals surface area contributed by atoms with E-state index in [1.54, 1.807) is 0 Å². The Bertz CT molecular complexity index is 134. The molecule has 1 aliphatic carbocycles. The molecule has 0 amide bonds. The average molecular weight is 235 g/mol. The Labute approximate surface area is 84.0 Å². The van der Waals surface area contributed by atoms with Crippen LogP contribution in [0.2, 0.25) is 0 Å². The van der Waals surface area contributed by atoms with Crippen molar-refractivity contribution >= 4 is 15.9 Å². The molecule has 1 saturated carbocycles. The van der Waals surface area contributed by atoms with Gasteiger partial charge in [0.2, 0.25) is 0 Å². The summed E-state index contributed by atoms with van der Waals surface area (Å²) in [4.78, 5) is 0. The number of rotatable bonds is 6. The monoisotopic (exact) mass is 234 g/mol. The SMILES string of the molecule is CCCOCCC1(CBr)CC1C. The van der Waals surface area contributed by atoms with Gasteiger partial charge in [0.05, 0.1) is 0 Å². The summed E-state index contributed by atoms with van der Waals surface area (Å²) < 4.78 is 5.49. The molecular weight excluding hydrogens is 216 g/mol. The molecule has 0 aromatic carbocycles. The number of hydrogen-bond acceptors (Lipinski definition) is 1. The van der Waals surface area contributed by atoms with E-state index in [-0.39, 0.29) is 0 Å². The molecule has 12 heavy (non-hydrogen) atoms. The van der Waals surface area contributed by atoms with Gasteiger partial charge in [0.15, 0.2) is 0 Å². The minimum Gasteiger partial charge on any atom is -0.381 e. The summed E-state index contributed by atoms with van der Waals surface area (Å²) in [6, 6.07) is 0. The van der Waals surface area contributed by atoms with Crippen LogP contribution in [0.3, 0.4) is 0 Å². The molecular formula is C10H19BrO. The Kier molecular flexibility index (Phi) is 4.04. The van der Waals surface area contributed by atoms with E-state index in [4.69, 9.17) is 4.74 Å². The summed E-state index contributed by atoms with van der Waals surface area (Å²) in [6.45, 7) is 6.36. The summed E-state index contributed by atoms with van der Waals surface area (Å²) in [5.41, 5.74) is 0.591. The van der Waals surface area contributed by atoms with Crippen LogP contribution in [0.15, 0.2) is 0 Å². The van der Waals surface area contributed by atoms with Crippen LogP contribution in [0.25, 0.3) is 0 Å². The molecule has 1 aliphatic rings. The van der Waals surface area contributed by atoms with Crippen molar-refractivity contribution in [3.05, 3.63) is 0 Å². The molecule has 1 rings (SSSR count). The molecule has 1 nitrogen and oxygen atoms in total. The van der Waals surface area contributed by atoms with Gasteiger partial charge in [-0.25, -0.2) is 0 Å². The van der Waals surface area contributed by atoms with Crippen molar-refractivity contribution in [2.24, 2.45) is 11.3 Å². The van der Waals surface area contributed by atoms with Crippen molar-refractivity contribution < 1.29 is 4.74 Å². The Morgan fingerprint density at radius 3 is 2.58 bits per heavy atom. The van der Waals surface area contributed by atoms with E-state index in [9.17, 15) is 0 Å². The van der Waals surface area contributed by atoms with Crippen molar-refractivity contribution in [2.45, 2.75) is 33.1 Å². The highest BCUT2D eigenvalue weighted by Gasteiger charge is 2.49. The van der Waals surface area contributed by atoms with Crippen LogP contribution in [-0.4, -0.2) is 18.5 Å². The molecule has 1 fully saturated rings. The van der Waals surface area contributed by atoms with E-state index < -0.39 is 0 Å². The van der Waals surface area contributed by atoms with Gasteiger partial charge >= 0.3 is 0 Å². The third-order valence-corrected chi connectivity index (χ3v) is 4.07. The van der Waals surface area contributed by atoms with E-state index >= 15 is 0 Å². The highest BCUT2D eigenvalue weighted by Crippen LogP contribution is 2.55. The summed E-state index contributed by atoms with van der Waals surface area (Å²) in [7, 11) is 0. The highest BCUT2D eigenvalue weighted by molar-refractivity contribution is 9.09. The predicted octanol–water partition coefficient (Wildman–Crippen LogP) is 3.22. The molecule has 2 heteroatoms. The molecule has 0 bridgehead atoms. The first-order chi connectivity index (χ1) is 5.75. The zero-order valence-electron chi connectivity index (χ0n) is 8.11. The number of halogens is 1. The van der Waals surface area contributed by atoms with Crippen LogP contribution in [0.5, 0.6) is 0 Å². The van der Waals surface area contributed by atoms with Gasteiger partial charge < -0.3 is 4.74 Å². The van der Waals surface area contributed by atoms with E-state index in [0.29, 0.717) is 5.41 Å². The van der Waals surface area contributed by atoms with Crippen LogP contribution in [0, 0.1) is 11.3 Å². The second kappa shape index (κ2) is 4.61. The number of hydrogen-bond donors (Lipinski definition) is 0. The summed E-state index contributed by atoms with van der Waals surface area (Å²) >= 11 is 3.59. The molecule has 0 radical (unpaired) electrons. The largest absolute Gasteiger partial charge is 0.381 e. The maximum Gasteiger partial charge on any atom is 0.0471 e. The summed E-state index contributed by atoms with van der Waals surface area (Å²) in [5.74, 6) is 0.905. The fraction of sp³-hybridized carbons (Fsp3) is 1.00. The smallest absolute Gasteiger partial charge is 0.0471 e. The standard InChI is InChI=1S/C10H19BrO/c1-3-5-12-6-4-10(8-11)7-9(10)2/h9H,3-8H2,1-2H3. The molecule has 72 valence electrons. The van der Waals surface area contributed by atoms with E-state index in [1.165, 1.54) is 12.8 Å². The lowest BCUT2D eigenvalue weighted by Crippen LogP contribution is -2.09. The fourth-order valence-corrected chi connectivity index (χ4v) is 2.74. The van der Waals surface area contributed by atoms with Crippen molar-refractivity contribution in [3.8, 4) is 0 Å².